The van der Waals surface area contributed by atoms with Crippen molar-refractivity contribution in [3.63, 3.8) is 0 Å². The number of nitrogens with one attached hydrogen (secondary N) is 4. The van der Waals surface area contributed by atoms with Crippen LogP contribution >= 0.6 is 12.2 Å². The minimum Gasteiger partial charge on any atom is -0.496 e. The molecule has 0 spiro atoms. The first-order valence-corrected chi connectivity index (χ1v) is 9.80. The molecule has 0 fully saturated rings. The average Bonchev–Trinajstić information content (AvgIpc) is 2.76. The third kappa shape index (κ3) is 6.85. The Hall–Kier alpha value is -3.46. The quantitative estimate of drug-likeness (QED) is 0.399. The highest BCUT2D eigenvalue weighted by Gasteiger charge is 2.13. The summed E-state index contributed by atoms with van der Waals surface area (Å²) in [6.07, 6.45) is 2.23. The number of benzene rings is 2. The van der Waals surface area contributed by atoms with Gasteiger partial charge in [0.1, 0.15) is 5.75 Å². The lowest BCUT2D eigenvalue weighted by atomic mass is 10.2. The topological polar surface area (TPSA) is 109 Å². The van der Waals surface area contributed by atoms with E-state index in [1.807, 2.05) is 6.92 Å². The molecule has 2 rings (SSSR count). The molecule has 2 aromatic rings. The van der Waals surface area contributed by atoms with E-state index < -0.39 is 11.8 Å². The van der Waals surface area contributed by atoms with E-state index in [9.17, 15) is 14.4 Å². The molecular formula is C21H24N4O4S. The summed E-state index contributed by atoms with van der Waals surface area (Å²) >= 11 is 5.04. The summed E-state index contributed by atoms with van der Waals surface area (Å²) in [6.45, 7) is 2.02. The maximum atomic E-state index is 12.3. The molecule has 8 nitrogen and oxygen atoms in total. The number of methoxy groups -OCH3 is 1. The lowest BCUT2D eigenvalue weighted by Crippen LogP contribution is -2.48. The molecule has 0 bridgehead atoms. The van der Waals surface area contributed by atoms with Crippen molar-refractivity contribution in [3.05, 3.63) is 59.7 Å². The maximum Gasteiger partial charge on any atom is 0.269 e. The number of hydrazine groups is 1. The average molecular weight is 429 g/mol. The highest BCUT2D eigenvalue weighted by atomic mass is 32.1. The van der Waals surface area contributed by atoms with Gasteiger partial charge in [0.2, 0.25) is 5.91 Å². The van der Waals surface area contributed by atoms with Crippen LogP contribution in [0, 0.1) is 0 Å². The van der Waals surface area contributed by atoms with Crippen LogP contribution in [0.5, 0.6) is 5.75 Å². The fourth-order valence-electron chi connectivity index (χ4n) is 2.49. The number of rotatable bonds is 7. The third-order valence-electron chi connectivity index (χ3n) is 4.06. The number of anilines is 1. The van der Waals surface area contributed by atoms with Crippen LogP contribution in [0.15, 0.2) is 48.5 Å². The van der Waals surface area contributed by atoms with Gasteiger partial charge in [-0.2, -0.15) is 0 Å². The fourth-order valence-corrected chi connectivity index (χ4v) is 2.63. The van der Waals surface area contributed by atoms with Gasteiger partial charge in [0, 0.05) is 17.7 Å². The van der Waals surface area contributed by atoms with E-state index in [0.717, 1.165) is 12.8 Å². The molecule has 0 aliphatic rings. The molecule has 9 heteroatoms. The Kier molecular flexibility index (Phi) is 8.76. The van der Waals surface area contributed by atoms with Crippen LogP contribution in [0.1, 0.15) is 46.9 Å². The second kappa shape index (κ2) is 11.5. The van der Waals surface area contributed by atoms with Crippen molar-refractivity contribution in [2.24, 2.45) is 0 Å². The Morgan fingerprint density at radius 2 is 1.67 bits per heavy atom. The number of para-hydroxylation sites is 1. The molecule has 0 aliphatic carbocycles. The summed E-state index contributed by atoms with van der Waals surface area (Å²) in [5.41, 5.74) is 6.17. The van der Waals surface area contributed by atoms with Crippen LogP contribution in [0.3, 0.4) is 0 Å². The van der Waals surface area contributed by atoms with E-state index in [-0.39, 0.29) is 11.0 Å². The number of carbonyl (C=O) groups excluding carboxylic acids is 3. The molecule has 158 valence electrons. The Morgan fingerprint density at radius 3 is 2.33 bits per heavy atom. The largest absolute Gasteiger partial charge is 0.496 e. The highest BCUT2D eigenvalue weighted by Crippen LogP contribution is 2.16. The molecule has 30 heavy (non-hydrogen) atoms. The van der Waals surface area contributed by atoms with Crippen LogP contribution in [0.2, 0.25) is 0 Å². The highest BCUT2D eigenvalue weighted by molar-refractivity contribution is 7.80. The number of hydrogen-bond donors (Lipinski definition) is 4. The first kappa shape index (κ1) is 22.8. The van der Waals surface area contributed by atoms with Crippen molar-refractivity contribution in [1.29, 1.82) is 0 Å². The van der Waals surface area contributed by atoms with Gasteiger partial charge in [-0.15, -0.1) is 0 Å². The molecule has 0 heterocycles. The molecule has 0 aromatic heterocycles. The van der Waals surface area contributed by atoms with Crippen LogP contribution in [0.4, 0.5) is 5.69 Å². The van der Waals surface area contributed by atoms with Gasteiger partial charge in [-0.3, -0.25) is 30.6 Å². The maximum absolute atomic E-state index is 12.3. The molecule has 3 amide bonds. The van der Waals surface area contributed by atoms with Gasteiger partial charge in [0.05, 0.1) is 12.7 Å². The second-order valence-corrected chi connectivity index (χ2v) is 6.70. The van der Waals surface area contributed by atoms with Gasteiger partial charge in [0.15, 0.2) is 5.11 Å². The van der Waals surface area contributed by atoms with Gasteiger partial charge >= 0.3 is 0 Å². The molecule has 4 N–H and O–H groups in total. The van der Waals surface area contributed by atoms with Gasteiger partial charge in [0.25, 0.3) is 11.8 Å². The number of amides is 3. The Bertz CT molecular complexity index is 915. The molecule has 2 aromatic carbocycles. The number of thiocarbonyl (C=S) groups is 1. The van der Waals surface area contributed by atoms with E-state index in [0.29, 0.717) is 29.0 Å². The summed E-state index contributed by atoms with van der Waals surface area (Å²) in [5.74, 6) is -0.578. The Morgan fingerprint density at radius 1 is 0.967 bits per heavy atom. The number of carbonyl (C=O) groups is 3. The van der Waals surface area contributed by atoms with Crippen molar-refractivity contribution in [2.45, 2.75) is 26.2 Å². The van der Waals surface area contributed by atoms with Crippen LogP contribution < -0.4 is 26.2 Å². The zero-order chi connectivity index (χ0) is 21.9. The fraction of sp³-hybridized carbons (Fsp3) is 0.238. The van der Waals surface area contributed by atoms with Crippen molar-refractivity contribution in [2.75, 3.05) is 12.4 Å². The van der Waals surface area contributed by atoms with Gasteiger partial charge in [-0.25, -0.2) is 0 Å². The van der Waals surface area contributed by atoms with E-state index in [4.69, 9.17) is 17.0 Å². The van der Waals surface area contributed by atoms with E-state index in [2.05, 4.69) is 21.5 Å². The number of hydrogen-bond acceptors (Lipinski definition) is 5. The predicted molar refractivity (Wildman–Crippen MR) is 118 cm³/mol. The van der Waals surface area contributed by atoms with E-state index in [1.54, 1.807) is 48.5 Å². The second-order valence-electron chi connectivity index (χ2n) is 6.29. The smallest absolute Gasteiger partial charge is 0.269 e. The molecule has 0 aliphatic heterocycles. The van der Waals surface area contributed by atoms with Crippen molar-refractivity contribution in [3.8, 4) is 5.75 Å². The molecule has 0 atom stereocenters. The van der Waals surface area contributed by atoms with E-state index >= 15 is 0 Å². The molecule has 0 saturated carbocycles. The predicted octanol–water partition coefficient (Wildman–Crippen LogP) is 2.77. The third-order valence-corrected chi connectivity index (χ3v) is 4.26. The van der Waals surface area contributed by atoms with Gasteiger partial charge < -0.3 is 10.1 Å². The molecule has 0 radical (unpaired) electrons. The van der Waals surface area contributed by atoms with E-state index in [1.165, 1.54) is 7.11 Å². The minimum absolute atomic E-state index is 0.0631. The summed E-state index contributed by atoms with van der Waals surface area (Å²) in [5, 5.41) is 5.17. The SMILES string of the molecule is CCCCC(=O)Nc1ccc(C(=O)NNC(=S)NC(=O)c2ccccc2OC)cc1. The summed E-state index contributed by atoms with van der Waals surface area (Å²) in [7, 11) is 1.46. The first-order chi connectivity index (χ1) is 14.4. The van der Waals surface area contributed by atoms with Crippen LogP contribution in [-0.4, -0.2) is 29.9 Å². The number of unbranched alkanes of at least 4 members (excludes halogenated alkanes) is 1. The minimum atomic E-state index is -0.470. The molecule has 0 saturated heterocycles. The first-order valence-electron chi connectivity index (χ1n) is 9.39. The zero-order valence-corrected chi connectivity index (χ0v) is 17.6. The van der Waals surface area contributed by atoms with Gasteiger partial charge in [-0.1, -0.05) is 25.5 Å². The Balaban J connectivity index is 1.84. The lowest BCUT2D eigenvalue weighted by molar-refractivity contribution is -0.116. The van der Waals surface area contributed by atoms with Crippen LogP contribution in [0.25, 0.3) is 0 Å². The zero-order valence-electron chi connectivity index (χ0n) is 16.8. The normalized spacial score (nSPS) is 9.93. The number of ether oxygens (including phenoxy) is 1. The summed E-state index contributed by atoms with van der Waals surface area (Å²) in [4.78, 5) is 36.2. The van der Waals surface area contributed by atoms with Crippen molar-refractivity contribution < 1.29 is 19.1 Å². The van der Waals surface area contributed by atoms with Crippen molar-refractivity contribution in [1.82, 2.24) is 16.2 Å². The molecular weight excluding hydrogens is 404 g/mol. The van der Waals surface area contributed by atoms with Gasteiger partial charge in [-0.05, 0) is 55.0 Å². The van der Waals surface area contributed by atoms with Crippen molar-refractivity contribution >= 4 is 40.7 Å². The lowest BCUT2D eigenvalue weighted by Gasteiger charge is -2.12. The summed E-state index contributed by atoms with van der Waals surface area (Å²) in [6, 6.07) is 13.1. The molecule has 0 unspecified atom stereocenters. The summed E-state index contributed by atoms with van der Waals surface area (Å²) < 4.78 is 5.14. The Labute approximate surface area is 180 Å². The monoisotopic (exact) mass is 428 g/mol. The standard InChI is InChI=1S/C21H24N4O4S/c1-3-4-9-18(26)22-15-12-10-14(11-13-15)19(27)24-25-21(30)23-20(28)16-7-5-6-8-17(16)29-2/h5-8,10-13H,3-4,9H2,1-2H3,(H,22,26)(H,24,27)(H2,23,25,28,30). The van der Waals surface area contributed by atoms with Crippen LogP contribution in [-0.2, 0) is 4.79 Å².